The van der Waals surface area contributed by atoms with Crippen molar-refractivity contribution < 1.29 is 9.59 Å². The van der Waals surface area contributed by atoms with Crippen LogP contribution in [0.15, 0.2) is 35.0 Å². The fraction of sp³-hybridized carbons (Fsp3) is 0.294. The highest BCUT2D eigenvalue weighted by atomic mass is 32.1. The van der Waals surface area contributed by atoms with Crippen LogP contribution in [0.4, 0.5) is 17.1 Å². The van der Waals surface area contributed by atoms with Gasteiger partial charge in [0.15, 0.2) is 0 Å². The lowest BCUT2D eigenvalue weighted by atomic mass is 10.2. The second kappa shape index (κ2) is 5.79. The highest BCUT2D eigenvalue weighted by Gasteiger charge is 2.31. The van der Waals surface area contributed by atoms with Crippen LogP contribution in [-0.2, 0) is 4.79 Å². The maximum atomic E-state index is 13.0. The number of rotatable bonds is 2. The standard InChI is InChI=1S/C17H17N3O2S/c21-16(9-19-7-3-4-8-19)20-14-6-2-1-5-13(14)18-17(22)12-10-23-11-15(12)20/h1-2,5-6,10-11H,3-4,7-9H2,(H,18,22). The van der Waals surface area contributed by atoms with Crippen LogP contribution >= 0.6 is 11.3 Å². The van der Waals surface area contributed by atoms with Crippen molar-refractivity contribution in [3.05, 3.63) is 40.6 Å². The number of carbonyl (C=O) groups excluding carboxylic acids is 2. The summed E-state index contributed by atoms with van der Waals surface area (Å²) in [4.78, 5) is 29.2. The van der Waals surface area contributed by atoms with Gasteiger partial charge in [0.1, 0.15) is 0 Å². The summed E-state index contributed by atoms with van der Waals surface area (Å²) in [5, 5.41) is 6.58. The highest BCUT2D eigenvalue weighted by molar-refractivity contribution is 7.08. The van der Waals surface area contributed by atoms with E-state index < -0.39 is 0 Å². The summed E-state index contributed by atoms with van der Waals surface area (Å²) in [5.74, 6) is -0.152. The van der Waals surface area contributed by atoms with E-state index in [2.05, 4.69) is 10.2 Å². The predicted octanol–water partition coefficient (Wildman–Crippen LogP) is 3.07. The van der Waals surface area contributed by atoms with Crippen LogP contribution in [-0.4, -0.2) is 36.3 Å². The van der Waals surface area contributed by atoms with Crippen molar-refractivity contribution in [1.82, 2.24) is 4.90 Å². The SMILES string of the molecule is O=C1Nc2ccccc2N(C(=O)CN2CCCC2)c2cscc21. The van der Waals surface area contributed by atoms with Crippen molar-refractivity contribution >= 4 is 40.2 Å². The molecule has 1 aromatic carbocycles. The van der Waals surface area contributed by atoms with Crippen LogP contribution in [0.2, 0.25) is 0 Å². The molecule has 1 N–H and O–H groups in total. The van der Waals surface area contributed by atoms with Gasteiger partial charge in [0.05, 0.1) is 29.2 Å². The molecular formula is C17H17N3O2S. The second-order valence-corrected chi connectivity index (χ2v) is 6.60. The summed E-state index contributed by atoms with van der Waals surface area (Å²) in [6.07, 6.45) is 2.29. The molecule has 2 amide bonds. The molecule has 2 aliphatic rings. The van der Waals surface area contributed by atoms with Crippen molar-refractivity contribution in [2.45, 2.75) is 12.8 Å². The van der Waals surface area contributed by atoms with Crippen LogP contribution < -0.4 is 10.2 Å². The smallest absolute Gasteiger partial charge is 0.258 e. The number of carbonyl (C=O) groups is 2. The van der Waals surface area contributed by atoms with Crippen LogP contribution in [0.1, 0.15) is 23.2 Å². The van der Waals surface area contributed by atoms with E-state index in [1.165, 1.54) is 11.3 Å². The van der Waals surface area contributed by atoms with Gasteiger partial charge in [-0.15, -0.1) is 11.3 Å². The number of benzene rings is 1. The molecule has 0 bridgehead atoms. The molecule has 0 unspecified atom stereocenters. The third-order valence-corrected chi connectivity index (χ3v) is 5.06. The van der Waals surface area contributed by atoms with Crippen LogP contribution in [0.25, 0.3) is 0 Å². The van der Waals surface area contributed by atoms with Gasteiger partial charge in [-0.1, -0.05) is 12.1 Å². The summed E-state index contributed by atoms with van der Waals surface area (Å²) in [5.41, 5.74) is 2.65. The Morgan fingerprint density at radius 1 is 1.13 bits per heavy atom. The number of nitrogens with one attached hydrogen (secondary N) is 1. The number of fused-ring (bicyclic) bond motifs is 2. The minimum Gasteiger partial charge on any atom is -0.320 e. The van der Waals surface area contributed by atoms with Gasteiger partial charge in [-0.3, -0.25) is 19.4 Å². The molecule has 3 heterocycles. The van der Waals surface area contributed by atoms with Gasteiger partial charge in [-0.05, 0) is 38.1 Å². The van der Waals surface area contributed by atoms with Gasteiger partial charge >= 0.3 is 0 Å². The summed E-state index contributed by atoms with van der Waals surface area (Å²) >= 11 is 1.44. The van der Waals surface area contributed by atoms with E-state index in [0.29, 0.717) is 23.5 Å². The Morgan fingerprint density at radius 3 is 2.74 bits per heavy atom. The molecule has 2 aromatic rings. The van der Waals surface area contributed by atoms with Crippen molar-refractivity contribution in [2.75, 3.05) is 29.9 Å². The summed E-state index contributed by atoms with van der Waals surface area (Å²) in [7, 11) is 0. The quantitative estimate of drug-likeness (QED) is 0.922. The molecule has 0 atom stereocenters. The zero-order valence-electron chi connectivity index (χ0n) is 12.6. The van der Waals surface area contributed by atoms with Gasteiger partial charge in [0.25, 0.3) is 5.91 Å². The molecule has 0 radical (unpaired) electrons. The van der Waals surface area contributed by atoms with Crippen molar-refractivity contribution in [3.63, 3.8) is 0 Å². The van der Waals surface area contributed by atoms with Crippen LogP contribution in [0.3, 0.4) is 0 Å². The molecule has 1 aromatic heterocycles. The molecule has 2 aliphatic heterocycles. The maximum absolute atomic E-state index is 13.0. The normalized spacial score (nSPS) is 17.4. The average Bonchev–Trinajstić information content (AvgIpc) is 3.19. The lowest BCUT2D eigenvalue weighted by molar-refractivity contribution is -0.118. The Labute approximate surface area is 138 Å². The molecule has 1 saturated heterocycles. The number of thiophene rings is 1. The molecule has 0 saturated carbocycles. The monoisotopic (exact) mass is 327 g/mol. The van der Waals surface area contributed by atoms with Crippen molar-refractivity contribution in [1.29, 1.82) is 0 Å². The van der Waals surface area contributed by atoms with E-state index in [9.17, 15) is 9.59 Å². The Kier molecular flexibility index (Phi) is 3.63. The minimum absolute atomic E-state index is 0.00972. The molecular weight excluding hydrogens is 310 g/mol. The Morgan fingerprint density at radius 2 is 1.91 bits per heavy atom. The second-order valence-electron chi connectivity index (χ2n) is 5.85. The number of likely N-dealkylation sites (tertiary alicyclic amines) is 1. The molecule has 0 spiro atoms. The molecule has 4 rings (SSSR count). The van der Waals surface area contributed by atoms with Crippen LogP contribution in [0.5, 0.6) is 0 Å². The van der Waals surface area contributed by atoms with Gasteiger partial charge in [-0.25, -0.2) is 0 Å². The summed E-state index contributed by atoms with van der Waals surface area (Å²) < 4.78 is 0. The largest absolute Gasteiger partial charge is 0.320 e. The third kappa shape index (κ3) is 2.54. The molecule has 118 valence electrons. The molecule has 5 nitrogen and oxygen atoms in total. The predicted molar refractivity (Wildman–Crippen MR) is 91.5 cm³/mol. The Hall–Kier alpha value is -2.18. The van der Waals surface area contributed by atoms with Gasteiger partial charge in [0, 0.05) is 10.8 Å². The van der Waals surface area contributed by atoms with E-state index in [1.54, 1.807) is 10.3 Å². The first-order valence-corrected chi connectivity index (χ1v) is 8.70. The van der Waals surface area contributed by atoms with E-state index in [-0.39, 0.29) is 11.8 Å². The molecule has 6 heteroatoms. The Bertz CT molecular complexity index is 765. The van der Waals surface area contributed by atoms with Gasteiger partial charge in [0.2, 0.25) is 5.91 Å². The van der Waals surface area contributed by atoms with Crippen molar-refractivity contribution in [2.24, 2.45) is 0 Å². The number of para-hydroxylation sites is 2. The average molecular weight is 327 g/mol. The summed E-state index contributed by atoms with van der Waals surface area (Å²) in [6.45, 7) is 2.32. The van der Waals surface area contributed by atoms with Gasteiger partial charge < -0.3 is 5.32 Å². The van der Waals surface area contributed by atoms with Gasteiger partial charge in [-0.2, -0.15) is 0 Å². The zero-order chi connectivity index (χ0) is 15.8. The third-order valence-electron chi connectivity index (χ3n) is 4.33. The minimum atomic E-state index is -0.162. The van der Waals surface area contributed by atoms with E-state index in [1.807, 2.05) is 29.6 Å². The topological polar surface area (TPSA) is 52.7 Å². The summed E-state index contributed by atoms with van der Waals surface area (Å²) in [6, 6.07) is 7.46. The first-order chi connectivity index (χ1) is 11.2. The number of anilines is 3. The number of hydrogen-bond acceptors (Lipinski definition) is 4. The Balaban J connectivity index is 1.77. The molecule has 23 heavy (non-hydrogen) atoms. The van der Waals surface area contributed by atoms with Crippen LogP contribution in [0, 0.1) is 0 Å². The fourth-order valence-electron chi connectivity index (χ4n) is 3.20. The lowest BCUT2D eigenvalue weighted by Gasteiger charge is -2.25. The fourth-order valence-corrected chi connectivity index (χ4v) is 3.99. The number of amides is 2. The first-order valence-electron chi connectivity index (χ1n) is 7.76. The lowest BCUT2D eigenvalue weighted by Crippen LogP contribution is -2.36. The first kappa shape index (κ1) is 14.4. The number of hydrogen-bond donors (Lipinski definition) is 1. The van der Waals surface area contributed by atoms with E-state index in [0.717, 1.165) is 31.6 Å². The highest BCUT2D eigenvalue weighted by Crippen LogP contribution is 2.39. The zero-order valence-corrected chi connectivity index (χ0v) is 13.4. The number of nitrogens with zero attached hydrogens (tertiary/aromatic N) is 2. The molecule has 1 fully saturated rings. The van der Waals surface area contributed by atoms with Crippen molar-refractivity contribution in [3.8, 4) is 0 Å². The molecule has 0 aliphatic carbocycles. The van der Waals surface area contributed by atoms with E-state index >= 15 is 0 Å². The van der Waals surface area contributed by atoms with E-state index in [4.69, 9.17) is 0 Å². The maximum Gasteiger partial charge on any atom is 0.258 e.